The fourth-order valence-corrected chi connectivity index (χ4v) is 1.19. The quantitative estimate of drug-likeness (QED) is 0.650. The van der Waals surface area contributed by atoms with Gasteiger partial charge in [-0.15, -0.1) is 0 Å². The Morgan fingerprint density at radius 1 is 1.14 bits per heavy atom. The molecule has 0 atom stereocenters. The minimum absolute atomic E-state index is 0.371. The molecule has 0 aliphatic heterocycles. The lowest BCUT2D eigenvalue weighted by atomic mass is 10.1. The van der Waals surface area contributed by atoms with Gasteiger partial charge in [0.2, 0.25) is 0 Å². The third-order valence-corrected chi connectivity index (χ3v) is 2.46. The molecule has 0 amide bonds. The van der Waals surface area contributed by atoms with Crippen LogP contribution < -0.4 is 10.6 Å². The van der Waals surface area contributed by atoms with E-state index in [1.54, 1.807) is 0 Å². The van der Waals surface area contributed by atoms with Gasteiger partial charge in [-0.2, -0.15) is 13.2 Å². The molecule has 0 spiro atoms. The summed E-state index contributed by atoms with van der Waals surface area (Å²) < 4.78 is 35.0. The number of nitrogens with one attached hydrogen (secondary N) is 2. The third-order valence-electron chi connectivity index (χ3n) is 2.46. The fraction of sp³-hybridized carbons (Fsp3) is 1.00. The predicted octanol–water partition coefficient (Wildman–Crippen LogP) is 1.53. The van der Waals surface area contributed by atoms with Crippen LogP contribution in [0.5, 0.6) is 0 Å². The molecular formula is C9H17F3N2. The Kier molecular flexibility index (Phi) is 3.78. The van der Waals surface area contributed by atoms with E-state index in [9.17, 15) is 13.2 Å². The Morgan fingerprint density at radius 3 is 2.21 bits per heavy atom. The molecule has 1 aliphatic carbocycles. The predicted molar refractivity (Wildman–Crippen MR) is 49.1 cm³/mol. The van der Waals surface area contributed by atoms with E-state index in [0.717, 1.165) is 6.54 Å². The van der Waals surface area contributed by atoms with E-state index >= 15 is 0 Å². The molecule has 0 aromatic heterocycles. The van der Waals surface area contributed by atoms with Crippen LogP contribution in [0.3, 0.4) is 0 Å². The van der Waals surface area contributed by atoms with E-state index in [4.69, 9.17) is 0 Å². The molecule has 1 rings (SSSR count). The van der Waals surface area contributed by atoms with Gasteiger partial charge in [-0.1, -0.05) is 6.92 Å². The van der Waals surface area contributed by atoms with Crippen molar-refractivity contribution in [1.29, 1.82) is 0 Å². The lowest BCUT2D eigenvalue weighted by molar-refractivity contribution is -0.124. The molecule has 0 radical (unpaired) electrons. The average Bonchev–Trinajstić information content (AvgIpc) is 2.75. The van der Waals surface area contributed by atoms with Crippen molar-refractivity contribution in [1.82, 2.24) is 10.6 Å². The molecule has 0 aromatic carbocycles. The van der Waals surface area contributed by atoms with Crippen LogP contribution in [-0.4, -0.2) is 32.4 Å². The lowest BCUT2D eigenvalue weighted by Crippen LogP contribution is -2.35. The Morgan fingerprint density at radius 2 is 1.71 bits per heavy atom. The first-order valence-electron chi connectivity index (χ1n) is 4.90. The molecule has 1 saturated carbocycles. The minimum atomic E-state index is -4.09. The van der Waals surface area contributed by atoms with E-state index in [-0.39, 0.29) is 0 Å². The largest absolute Gasteiger partial charge is 0.401 e. The fourth-order valence-electron chi connectivity index (χ4n) is 1.19. The lowest BCUT2D eigenvalue weighted by Gasteiger charge is -2.11. The third kappa shape index (κ3) is 5.44. The summed E-state index contributed by atoms with van der Waals surface area (Å²) in [6, 6.07) is 0. The van der Waals surface area contributed by atoms with Crippen molar-refractivity contribution in [3.05, 3.63) is 0 Å². The van der Waals surface area contributed by atoms with Gasteiger partial charge in [-0.3, -0.25) is 0 Å². The first-order valence-corrected chi connectivity index (χ1v) is 4.90. The van der Waals surface area contributed by atoms with Crippen LogP contribution in [0.15, 0.2) is 0 Å². The van der Waals surface area contributed by atoms with Gasteiger partial charge in [-0.25, -0.2) is 0 Å². The molecule has 1 aliphatic rings. The smallest absolute Gasteiger partial charge is 0.315 e. The molecule has 2 N–H and O–H groups in total. The normalized spacial score (nSPS) is 19.7. The molecular weight excluding hydrogens is 193 g/mol. The average molecular weight is 210 g/mol. The highest BCUT2D eigenvalue weighted by Gasteiger charge is 2.36. The van der Waals surface area contributed by atoms with Crippen molar-refractivity contribution >= 4 is 0 Å². The van der Waals surface area contributed by atoms with E-state index in [0.29, 0.717) is 18.5 Å². The van der Waals surface area contributed by atoms with Crippen molar-refractivity contribution in [3.8, 4) is 0 Å². The summed E-state index contributed by atoms with van der Waals surface area (Å²) in [7, 11) is 0. The van der Waals surface area contributed by atoms with Gasteiger partial charge < -0.3 is 10.6 Å². The molecule has 0 unspecified atom stereocenters. The van der Waals surface area contributed by atoms with Crippen molar-refractivity contribution in [2.45, 2.75) is 25.9 Å². The van der Waals surface area contributed by atoms with Crippen LogP contribution in [0.1, 0.15) is 19.8 Å². The van der Waals surface area contributed by atoms with Crippen molar-refractivity contribution in [2.24, 2.45) is 5.41 Å². The molecule has 0 aromatic rings. The van der Waals surface area contributed by atoms with Gasteiger partial charge in [-0.05, 0) is 18.3 Å². The van der Waals surface area contributed by atoms with E-state index in [2.05, 4.69) is 17.6 Å². The maximum atomic E-state index is 11.7. The maximum absolute atomic E-state index is 11.7. The van der Waals surface area contributed by atoms with Gasteiger partial charge in [0, 0.05) is 19.6 Å². The Bertz CT molecular complexity index is 166. The zero-order valence-electron chi connectivity index (χ0n) is 8.38. The van der Waals surface area contributed by atoms with Crippen LogP contribution in [0, 0.1) is 5.41 Å². The molecule has 1 fully saturated rings. The molecule has 5 heteroatoms. The summed E-state index contributed by atoms with van der Waals surface area (Å²) in [4.78, 5) is 0. The topological polar surface area (TPSA) is 24.1 Å². The van der Waals surface area contributed by atoms with Gasteiger partial charge in [0.05, 0.1) is 6.54 Å². The minimum Gasteiger partial charge on any atom is -0.315 e. The zero-order chi connectivity index (χ0) is 10.7. The molecule has 2 nitrogen and oxygen atoms in total. The number of alkyl halides is 3. The molecule has 84 valence electrons. The Balaban J connectivity index is 1.85. The summed E-state index contributed by atoms with van der Waals surface area (Å²) in [6.07, 6.45) is -1.63. The van der Waals surface area contributed by atoms with Crippen LogP contribution in [0.2, 0.25) is 0 Å². The van der Waals surface area contributed by atoms with Gasteiger partial charge in [0.25, 0.3) is 0 Å². The molecule has 14 heavy (non-hydrogen) atoms. The second-order valence-electron chi connectivity index (χ2n) is 4.28. The SMILES string of the molecule is CC1(CNCCNCC(F)(F)F)CC1. The van der Waals surface area contributed by atoms with Crippen molar-refractivity contribution in [2.75, 3.05) is 26.2 Å². The summed E-state index contributed by atoms with van der Waals surface area (Å²) >= 11 is 0. The number of hydrogen-bond acceptors (Lipinski definition) is 2. The highest BCUT2D eigenvalue weighted by Crippen LogP contribution is 2.43. The van der Waals surface area contributed by atoms with Crippen molar-refractivity contribution in [3.63, 3.8) is 0 Å². The Hall–Kier alpha value is -0.290. The van der Waals surface area contributed by atoms with Gasteiger partial charge in [0.1, 0.15) is 0 Å². The number of rotatable bonds is 6. The molecule has 0 bridgehead atoms. The number of hydrogen-bond donors (Lipinski definition) is 2. The first-order chi connectivity index (χ1) is 6.41. The second kappa shape index (κ2) is 4.49. The van der Waals surface area contributed by atoms with E-state index in [1.807, 2.05) is 0 Å². The highest BCUT2D eigenvalue weighted by atomic mass is 19.4. The summed E-state index contributed by atoms with van der Waals surface area (Å²) in [5.41, 5.74) is 0.421. The molecule has 0 heterocycles. The van der Waals surface area contributed by atoms with Crippen LogP contribution in [0.25, 0.3) is 0 Å². The van der Waals surface area contributed by atoms with Crippen LogP contribution in [-0.2, 0) is 0 Å². The van der Waals surface area contributed by atoms with E-state index < -0.39 is 12.7 Å². The van der Waals surface area contributed by atoms with Crippen LogP contribution in [0.4, 0.5) is 13.2 Å². The highest BCUT2D eigenvalue weighted by molar-refractivity contribution is 4.90. The van der Waals surface area contributed by atoms with E-state index in [1.165, 1.54) is 12.8 Å². The van der Waals surface area contributed by atoms with Crippen molar-refractivity contribution < 1.29 is 13.2 Å². The standard InChI is InChI=1S/C9H17F3N2/c1-8(2-3-8)6-13-4-5-14-7-9(10,11)12/h13-14H,2-7H2,1H3. The molecule has 0 saturated heterocycles. The second-order valence-corrected chi connectivity index (χ2v) is 4.28. The summed E-state index contributed by atoms with van der Waals surface area (Å²) in [6.45, 7) is 3.18. The maximum Gasteiger partial charge on any atom is 0.401 e. The first kappa shape index (κ1) is 11.8. The summed E-state index contributed by atoms with van der Waals surface area (Å²) in [5, 5.41) is 5.49. The zero-order valence-corrected chi connectivity index (χ0v) is 8.38. The van der Waals surface area contributed by atoms with Crippen LogP contribution >= 0.6 is 0 Å². The van der Waals surface area contributed by atoms with Gasteiger partial charge in [0.15, 0.2) is 0 Å². The van der Waals surface area contributed by atoms with Gasteiger partial charge >= 0.3 is 6.18 Å². The summed E-state index contributed by atoms with van der Waals surface area (Å²) in [5.74, 6) is 0. The number of halogens is 3. The Labute approximate surface area is 82.2 Å². The monoisotopic (exact) mass is 210 g/mol.